The van der Waals surface area contributed by atoms with Crippen LogP contribution in [0.1, 0.15) is 30.6 Å². The number of methoxy groups -OCH3 is 2. The number of amides is 2. The predicted molar refractivity (Wildman–Crippen MR) is 111 cm³/mol. The lowest BCUT2D eigenvalue weighted by Crippen LogP contribution is -2.50. The zero-order valence-corrected chi connectivity index (χ0v) is 17.8. The van der Waals surface area contributed by atoms with Gasteiger partial charge < -0.3 is 24.8 Å². The highest BCUT2D eigenvalue weighted by Crippen LogP contribution is 2.27. The van der Waals surface area contributed by atoms with Crippen molar-refractivity contribution in [3.8, 4) is 11.5 Å². The van der Waals surface area contributed by atoms with Crippen LogP contribution in [-0.2, 0) is 9.53 Å². The molecular weight excluding hydrogens is 374 g/mol. The lowest BCUT2D eigenvalue weighted by atomic mass is 10.0. The molecule has 0 radical (unpaired) electrons. The lowest BCUT2D eigenvalue weighted by Gasteiger charge is -2.35. The van der Waals surface area contributed by atoms with E-state index in [2.05, 4.69) is 29.4 Å². The van der Waals surface area contributed by atoms with Crippen molar-refractivity contribution in [1.82, 2.24) is 15.5 Å². The Bertz CT molecular complexity index is 674. The molecule has 0 spiro atoms. The first-order valence-corrected chi connectivity index (χ1v) is 10.0. The monoisotopic (exact) mass is 407 g/mol. The molecule has 8 nitrogen and oxygen atoms in total. The first kappa shape index (κ1) is 23.0. The number of nitrogens with one attached hydrogen (secondary N) is 2. The molecule has 1 aromatic rings. The largest absolute Gasteiger partial charge is 0.493 e. The molecule has 0 saturated carbocycles. The van der Waals surface area contributed by atoms with Crippen LogP contribution < -0.4 is 20.1 Å². The number of rotatable bonds is 10. The quantitative estimate of drug-likeness (QED) is 0.608. The fraction of sp³-hybridized carbons (Fsp3) is 0.619. The maximum atomic E-state index is 12.3. The summed E-state index contributed by atoms with van der Waals surface area (Å²) in [5.74, 6) is 0.992. The molecule has 1 heterocycles. The zero-order valence-electron chi connectivity index (χ0n) is 17.8. The van der Waals surface area contributed by atoms with E-state index < -0.39 is 0 Å². The van der Waals surface area contributed by atoms with Crippen LogP contribution in [0.5, 0.6) is 11.5 Å². The first-order chi connectivity index (χ1) is 13.9. The van der Waals surface area contributed by atoms with Gasteiger partial charge in [-0.2, -0.15) is 0 Å². The molecule has 8 heteroatoms. The summed E-state index contributed by atoms with van der Waals surface area (Å²) >= 11 is 0. The van der Waals surface area contributed by atoms with Gasteiger partial charge in [0.25, 0.3) is 5.91 Å². The Labute approximate surface area is 172 Å². The smallest absolute Gasteiger partial charge is 0.251 e. The van der Waals surface area contributed by atoms with Gasteiger partial charge in [0.2, 0.25) is 5.91 Å². The number of ether oxygens (including phenoxy) is 3. The number of benzene rings is 1. The highest BCUT2D eigenvalue weighted by Gasteiger charge is 2.22. The molecule has 0 aliphatic carbocycles. The summed E-state index contributed by atoms with van der Waals surface area (Å²) in [6.07, 6.45) is 0.998. The Hall–Kier alpha value is -2.32. The fourth-order valence-corrected chi connectivity index (χ4v) is 3.38. The lowest BCUT2D eigenvalue weighted by molar-refractivity contribution is -0.120. The van der Waals surface area contributed by atoms with E-state index in [-0.39, 0.29) is 24.4 Å². The van der Waals surface area contributed by atoms with E-state index in [4.69, 9.17) is 14.2 Å². The van der Waals surface area contributed by atoms with Crippen molar-refractivity contribution < 1.29 is 23.8 Å². The number of hydrogen-bond donors (Lipinski definition) is 2. The first-order valence-electron chi connectivity index (χ1n) is 10.0. The van der Waals surface area contributed by atoms with E-state index in [0.29, 0.717) is 29.5 Å². The predicted octanol–water partition coefficient (Wildman–Crippen LogP) is 1.30. The number of morpholine rings is 1. The van der Waals surface area contributed by atoms with E-state index in [0.717, 1.165) is 32.7 Å². The Kier molecular flexibility index (Phi) is 9.21. The SMILES string of the molecule is COc1ccc(C(=O)NCC(=O)NCC(CC(C)C)N2CCOCC2)cc1OC. The normalized spacial score (nSPS) is 15.6. The summed E-state index contributed by atoms with van der Waals surface area (Å²) < 4.78 is 15.8. The third-order valence-electron chi connectivity index (χ3n) is 4.90. The molecule has 29 heavy (non-hydrogen) atoms. The maximum Gasteiger partial charge on any atom is 0.251 e. The van der Waals surface area contributed by atoms with Gasteiger partial charge in [0.15, 0.2) is 11.5 Å². The van der Waals surface area contributed by atoms with Gasteiger partial charge in [0.05, 0.1) is 34.0 Å². The van der Waals surface area contributed by atoms with Gasteiger partial charge in [0.1, 0.15) is 0 Å². The molecule has 0 aromatic heterocycles. The van der Waals surface area contributed by atoms with Crippen molar-refractivity contribution in [2.45, 2.75) is 26.3 Å². The van der Waals surface area contributed by atoms with Crippen LogP contribution in [0.2, 0.25) is 0 Å². The van der Waals surface area contributed by atoms with E-state index in [1.165, 1.54) is 14.2 Å². The standard InChI is InChI=1S/C21H33N3O5/c1-15(2)11-17(24-7-9-29-10-8-24)13-22-20(25)14-23-21(26)16-5-6-18(27-3)19(12-16)28-4/h5-6,12,15,17H,7-11,13-14H2,1-4H3,(H,22,25)(H,23,26). The molecule has 2 amide bonds. The molecular formula is C21H33N3O5. The average Bonchev–Trinajstić information content (AvgIpc) is 2.74. The molecule has 162 valence electrons. The molecule has 0 bridgehead atoms. The van der Waals surface area contributed by atoms with Gasteiger partial charge in [-0.3, -0.25) is 14.5 Å². The molecule has 1 aliphatic rings. The Morgan fingerprint density at radius 2 is 1.79 bits per heavy atom. The number of hydrogen-bond acceptors (Lipinski definition) is 6. The van der Waals surface area contributed by atoms with Crippen molar-refractivity contribution in [3.05, 3.63) is 23.8 Å². The molecule has 1 unspecified atom stereocenters. The van der Waals surface area contributed by atoms with E-state index in [1.807, 2.05) is 0 Å². The topological polar surface area (TPSA) is 89.1 Å². The van der Waals surface area contributed by atoms with Gasteiger partial charge in [-0.25, -0.2) is 0 Å². The summed E-state index contributed by atoms with van der Waals surface area (Å²) in [6.45, 7) is 8.05. The van der Waals surface area contributed by atoms with Crippen molar-refractivity contribution >= 4 is 11.8 Å². The average molecular weight is 408 g/mol. The molecule has 1 saturated heterocycles. The van der Waals surface area contributed by atoms with Crippen LogP contribution in [-0.4, -0.2) is 76.4 Å². The summed E-state index contributed by atoms with van der Waals surface area (Å²) in [5, 5.41) is 5.60. The van der Waals surface area contributed by atoms with Gasteiger partial charge in [-0.1, -0.05) is 13.8 Å². The highest BCUT2D eigenvalue weighted by molar-refractivity contribution is 5.97. The third kappa shape index (κ3) is 7.21. The summed E-state index contributed by atoms with van der Waals surface area (Å²) in [5.41, 5.74) is 0.404. The fourth-order valence-electron chi connectivity index (χ4n) is 3.38. The van der Waals surface area contributed by atoms with Crippen molar-refractivity contribution in [2.24, 2.45) is 5.92 Å². The number of carbonyl (C=O) groups is 2. The number of nitrogens with zero attached hydrogens (tertiary/aromatic N) is 1. The van der Waals surface area contributed by atoms with Crippen LogP contribution in [0.15, 0.2) is 18.2 Å². The zero-order chi connectivity index (χ0) is 21.2. The molecule has 1 aliphatic heterocycles. The highest BCUT2D eigenvalue weighted by atomic mass is 16.5. The van der Waals surface area contributed by atoms with Crippen LogP contribution in [0.3, 0.4) is 0 Å². The van der Waals surface area contributed by atoms with Crippen LogP contribution in [0.4, 0.5) is 0 Å². The van der Waals surface area contributed by atoms with E-state index >= 15 is 0 Å². The maximum absolute atomic E-state index is 12.3. The van der Waals surface area contributed by atoms with Gasteiger partial charge in [-0.15, -0.1) is 0 Å². The van der Waals surface area contributed by atoms with Crippen molar-refractivity contribution in [3.63, 3.8) is 0 Å². The summed E-state index contributed by atoms with van der Waals surface area (Å²) in [4.78, 5) is 27.0. The molecule has 1 aromatic carbocycles. The minimum Gasteiger partial charge on any atom is -0.493 e. The minimum atomic E-state index is -0.340. The Balaban J connectivity index is 1.83. The molecule has 1 atom stereocenters. The summed E-state index contributed by atoms with van der Waals surface area (Å²) in [6, 6.07) is 5.14. The minimum absolute atomic E-state index is 0.0787. The van der Waals surface area contributed by atoms with Crippen LogP contribution in [0.25, 0.3) is 0 Å². The van der Waals surface area contributed by atoms with Crippen molar-refractivity contribution in [1.29, 1.82) is 0 Å². The van der Waals surface area contributed by atoms with E-state index in [1.54, 1.807) is 18.2 Å². The van der Waals surface area contributed by atoms with Gasteiger partial charge in [0, 0.05) is 31.2 Å². The van der Waals surface area contributed by atoms with Crippen molar-refractivity contribution in [2.75, 3.05) is 53.6 Å². The molecule has 1 fully saturated rings. The third-order valence-corrected chi connectivity index (χ3v) is 4.90. The Morgan fingerprint density at radius 1 is 1.10 bits per heavy atom. The molecule has 2 rings (SSSR count). The van der Waals surface area contributed by atoms with Crippen LogP contribution >= 0.6 is 0 Å². The van der Waals surface area contributed by atoms with Gasteiger partial charge >= 0.3 is 0 Å². The second-order valence-corrected chi connectivity index (χ2v) is 7.49. The second kappa shape index (κ2) is 11.6. The second-order valence-electron chi connectivity index (χ2n) is 7.49. The van der Waals surface area contributed by atoms with Crippen LogP contribution in [0, 0.1) is 5.92 Å². The van der Waals surface area contributed by atoms with E-state index in [9.17, 15) is 9.59 Å². The van der Waals surface area contributed by atoms with Gasteiger partial charge in [-0.05, 0) is 30.5 Å². The summed E-state index contributed by atoms with van der Waals surface area (Å²) in [7, 11) is 3.04. The number of carbonyl (C=O) groups excluding carboxylic acids is 2. The Morgan fingerprint density at radius 3 is 2.41 bits per heavy atom. The molecule has 2 N–H and O–H groups in total.